The van der Waals surface area contributed by atoms with Crippen LogP contribution in [0, 0.1) is 0 Å². The lowest BCUT2D eigenvalue weighted by Crippen LogP contribution is -2.27. The van der Waals surface area contributed by atoms with Gasteiger partial charge < -0.3 is 9.80 Å². The Labute approximate surface area is 176 Å². The quantitative estimate of drug-likeness (QED) is 0.404. The van der Waals surface area contributed by atoms with Gasteiger partial charge in [-0.25, -0.2) is 0 Å². The lowest BCUT2D eigenvalue weighted by Gasteiger charge is -2.24. The van der Waals surface area contributed by atoms with Crippen LogP contribution in [0.1, 0.15) is 43.7 Å². The van der Waals surface area contributed by atoms with Crippen LogP contribution in [0.4, 0.5) is 5.69 Å². The summed E-state index contributed by atoms with van der Waals surface area (Å²) >= 11 is 0. The van der Waals surface area contributed by atoms with E-state index in [2.05, 4.69) is 77.5 Å². The molecule has 154 valence electrons. The second kappa shape index (κ2) is 11.0. The van der Waals surface area contributed by atoms with E-state index in [1.54, 1.807) is 0 Å². The van der Waals surface area contributed by atoms with Gasteiger partial charge in [0.1, 0.15) is 0 Å². The zero-order valence-electron chi connectivity index (χ0n) is 17.9. The molecule has 29 heavy (non-hydrogen) atoms. The largest absolute Gasteiger partial charge is 0.369 e. The number of nitrogens with zero attached hydrogens (tertiary/aromatic N) is 3. The van der Waals surface area contributed by atoms with E-state index in [1.807, 2.05) is 6.08 Å². The van der Waals surface area contributed by atoms with Crippen LogP contribution in [0.2, 0.25) is 0 Å². The normalized spacial score (nSPS) is 17.9. The van der Waals surface area contributed by atoms with Gasteiger partial charge in [0.25, 0.3) is 0 Å². The van der Waals surface area contributed by atoms with Crippen molar-refractivity contribution < 1.29 is 0 Å². The standard InChI is InChI=1S/C26H35N3/c1-4-7-23(13-17-28-15-5-6-16-28)8-9-24-10-11-25-20-22(2)12-18-29(19-14-27-3)26(25)21-24/h4,7-11,20-21H,1,3,5-6,12-19H2,2H3/b9-8-,23-7+. The fourth-order valence-corrected chi connectivity index (χ4v) is 4.12. The first-order valence-corrected chi connectivity index (χ1v) is 10.9. The van der Waals surface area contributed by atoms with Gasteiger partial charge in [0, 0.05) is 25.3 Å². The Morgan fingerprint density at radius 2 is 2.00 bits per heavy atom. The Bertz CT molecular complexity index is 794. The summed E-state index contributed by atoms with van der Waals surface area (Å²) in [7, 11) is 0. The predicted octanol–water partition coefficient (Wildman–Crippen LogP) is 5.61. The first kappa shape index (κ1) is 21.3. The lowest BCUT2D eigenvalue weighted by molar-refractivity contribution is 0.344. The third-order valence-electron chi connectivity index (χ3n) is 5.84. The van der Waals surface area contributed by atoms with Crippen molar-refractivity contribution in [3.05, 3.63) is 65.3 Å². The molecule has 1 aromatic rings. The maximum absolute atomic E-state index is 4.06. The van der Waals surface area contributed by atoms with Gasteiger partial charge in [-0.1, -0.05) is 54.7 Å². The molecule has 0 spiro atoms. The molecule has 3 heteroatoms. The number of hydrogen-bond acceptors (Lipinski definition) is 3. The molecule has 0 atom stereocenters. The summed E-state index contributed by atoms with van der Waals surface area (Å²) in [5, 5.41) is 0. The van der Waals surface area contributed by atoms with Gasteiger partial charge in [-0.05, 0) is 75.2 Å². The fourth-order valence-electron chi connectivity index (χ4n) is 4.12. The van der Waals surface area contributed by atoms with E-state index in [-0.39, 0.29) is 0 Å². The first-order valence-electron chi connectivity index (χ1n) is 10.9. The Kier molecular flexibility index (Phi) is 8.06. The Balaban J connectivity index is 1.75. The van der Waals surface area contributed by atoms with Crippen molar-refractivity contribution in [2.24, 2.45) is 4.99 Å². The molecule has 0 saturated carbocycles. The zero-order valence-corrected chi connectivity index (χ0v) is 17.9. The van der Waals surface area contributed by atoms with Crippen LogP contribution < -0.4 is 4.90 Å². The second-order valence-electron chi connectivity index (χ2n) is 8.10. The molecule has 3 rings (SSSR count). The second-order valence-corrected chi connectivity index (χ2v) is 8.10. The van der Waals surface area contributed by atoms with E-state index >= 15 is 0 Å². The summed E-state index contributed by atoms with van der Waals surface area (Å²) in [6.07, 6.45) is 15.7. The summed E-state index contributed by atoms with van der Waals surface area (Å²) < 4.78 is 0. The third kappa shape index (κ3) is 6.30. The number of hydrogen-bond donors (Lipinski definition) is 0. The van der Waals surface area contributed by atoms with Gasteiger partial charge in [0.05, 0.1) is 6.54 Å². The molecule has 2 aliphatic heterocycles. The van der Waals surface area contributed by atoms with Gasteiger partial charge >= 0.3 is 0 Å². The summed E-state index contributed by atoms with van der Waals surface area (Å²) in [6, 6.07) is 6.79. The van der Waals surface area contributed by atoms with Crippen molar-refractivity contribution in [1.29, 1.82) is 0 Å². The summed E-state index contributed by atoms with van der Waals surface area (Å²) in [5.74, 6) is 0. The molecule has 3 nitrogen and oxygen atoms in total. The van der Waals surface area contributed by atoms with E-state index in [0.29, 0.717) is 0 Å². The van der Waals surface area contributed by atoms with E-state index in [9.17, 15) is 0 Å². The van der Waals surface area contributed by atoms with Crippen molar-refractivity contribution in [2.75, 3.05) is 44.2 Å². The molecule has 1 aromatic carbocycles. The molecule has 0 N–H and O–H groups in total. The molecule has 0 bridgehead atoms. The highest BCUT2D eigenvalue weighted by atomic mass is 15.1. The summed E-state index contributed by atoms with van der Waals surface area (Å²) in [5.41, 5.74) is 6.62. The third-order valence-corrected chi connectivity index (χ3v) is 5.84. The number of likely N-dealkylation sites (tertiary alicyclic amines) is 1. The Hall–Kier alpha value is -2.39. The van der Waals surface area contributed by atoms with Gasteiger partial charge in [-0.15, -0.1) is 0 Å². The molecular formula is C26H35N3. The van der Waals surface area contributed by atoms with Crippen molar-refractivity contribution in [3.8, 4) is 0 Å². The minimum absolute atomic E-state index is 0.765. The average molecular weight is 390 g/mol. The predicted molar refractivity (Wildman–Crippen MR) is 129 cm³/mol. The van der Waals surface area contributed by atoms with Crippen LogP contribution in [0.5, 0.6) is 0 Å². The number of benzene rings is 1. The minimum atomic E-state index is 0.765. The summed E-state index contributed by atoms with van der Waals surface area (Å²) in [4.78, 5) is 9.07. The van der Waals surface area contributed by atoms with Gasteiger partial charge in [0.2, 0.25) is 0 Å². The van der Waals surface area contributed by atoms with Crippen LogP contribution in [0.3, 0.4) is 0 Å². The van der Waals surface area contributed by atoms with Gasteiger partial charge in [0.15, 0.2) is 0 Å². The number of allylic oxidation sites excluding steroid dienone is 3. The molecule has 0 unspecified atom stereocenters. The van der Waals surface area contributed by atoms with Crippen molar-refractivity contribution in [1.82, 2.24) is 4.90 Å². The van der Waals surface area contributed by atoms with Crippen LogP contribution in [0.25, 0.3) is 12.2 Å². The van der Waals surface area contributed by atoms with Gasteiger partial charge in [-0.2, -0.15) is 0 Å². The molecule has 2 heterocycles. The van der Waals surface area contributed by atoms with E-state index in [4.69, 9.17) is 0 Å². The van der Waals surface area contributed by atoms with Crippen LogP contribution >= 0.6 is 0 Å². The van der Waals surface area contributed by atoms with Crippen molar-refractivity contribution >= 4 is 24.6 Å². The number of fused-ring (bicyclic) bond motifs is 1. The zero-order chi connectivity index (χ0) is 20.5. The smallest absolute Gasteiger partial charge is 0.0557 e. The highest BCUT2D eigenvalue weighted by molar-refractivity contribution is 5.74. The van der Waals surface area contributed by atoms with Gasteiger partial charge in [-0.3, -0.25) is 4.99 Å². The molecule has 1 fully saturated rings. The fraction of sp³-hybridized carbons (Fsp3) is 0.423. The highest BCUT2D eigenvalue weighted by Crippen LogP contribution is 2.29. The molecule has 0 aliphatic carbocycles. The van der Waals surface area contributed by atoms with E-state index in [1.165, 1.54) is 53.9 Å². The maximum atomic E-state index is 4.06. The molecule has 0 aromatic heterocycles. The number of rotatable bonds is 9. The molecule has 0 radical (unpaired) electrons. The average Bonchev–Trinajstić information content (AvgIpc) is 3.19. The van der Waals surface area contributed by atoms with Crippen molar-refractivity contribution in [3.63, 3.8) is 0 Å². The number of aliphatic imine (C=N–C) groups is 1. The molecule has 1 saturated heterocycles. The number of anilines is 1. The maximum Gasteiger partial charge on any atom is 0.0557 e. The Morgan fingerprint density at radius 3 is 2.76 bits per heavy atom. The Morgan fingerprint density at radius 1 is 1.17 bits per heavy atom. The van der Waals surface area contributed by atoms with E-state index < -0.39 is 0 Å². The SMILES string of the molecule is C=C/C=C(\C=C/c1ccc2c(c1)N(CCN=C)CCC(C)=C2)CCN1CCCC1. The first-order chi connectivity index (χ1) is 14.2. The van der Waals surface area contributed by atoms with E-state index in [0.717, 1.165) is 39.0 Å². The minimum Gasteiger partial charge on any atom is -0.369 e. The van der Waals surface area contributed by atoms with Crippen molar-refractivity contribution in [2.45, 2.75) is 32.6 Å². The molecule has 0 amide bonds. The topological polar surface area (TPSA) is 18.8 Å². The molecular weight excluding hydrogens is 354 g/mol. The summed E-state index contributed by atoms with van der Waals surface area (Å²) in [6.45, 7) is 16.1. The van der Waals surface area contributed by atoms with Crippen LogP contribution in [-0.2, 0) is 0 Å². The lowest BCUT2D eigenvalue weighted by atomic mass is 10.0. The van der Waals surface area contributed by atoms with Crippen LogP contribution in [-0.4, -0.2) is 50.9 Å². The molecule has 2 aliphatic rings. The highest BCUT2D eigenvalue weighted by Gasteiger charge is 2.14. The van der Waals surface area contributed by atoms with Crippen LogP contribution in [0.15, 0.2) is 59.1 Å². The monoisotopic (exact) mass is 389 g/mol.